The summed E-state index contributed by atoms with van der Waals surface area (Å²) in [6.07, 6.45) is -6.40. The summed E-state index contributed by atoms with van der Waals surface area (Å²) in [6.45, 7) is -0.511. The average molecular weight is 478 g/mol. The minimum absolute atomic E-state index is 0.0778. The van der Waals surface area contributed by atoms with Crippen LogP contribution < -0.4 is 0 Å². The average Bonchev–Trinajstić information content (AvgIpc) is 2.91. The van der Waals surface area contributed by atoms with Crippen LogP contribution in [0.15, 0.2) is 91.0 Å². The number of aliphatic hydroxyl groups excluding tert-OH is 2. The lowest BCUT2D eigenvalue weighted by Gasteiger charge is -2.43. The SMILES string of the molecule is O=C(O[C@H]1[C@@H](OCc2ccccc2)[C@@H](O)O[C@@H](CO)[C@H]1OC(=O)c1ccccc1)c1ccccc1. The zero-order valence-electron chi connectivity index (χ0n) is 18.8. The van der Waals surface area contributed by atoms with Crippen LogP contribution in [0.2, 0.25) is 0 Å². The molecule has 0 unspecified atom stereocenters. The van der Waals surface area contributed by atoms with Crippen LogP contribution in [0.4, 0.5) is 0 Å². The summed E-state index contributed by atoms with van der Waals surface area (Å²) in [4.78, 5) is 25.8. The van der Waals surface area contributed by atoms with Gasteiger partial charge in [0.2, 0.25) is 0 Å². The molecule has 0 aromatic heterocycles. The van der Waals surface area contributed by atoms with Crippen LogP contribution in [0.1, 0.15) is 26.3 Å². The number of aliphatic hydroxyl groups is 2. The van der Waals surface area contributed by atoms with Gasteiger partial charge in [0.15, 0.2) is 18.5 Å². The molecule has 0 bridgehead atoms. The third-order valence-corrected chi connectivity index (χ3v) is 5.58. The number of carbonyl (C=O) groups excluding carboxylic acids is 2. The van der Waals surface area contributed by atoms with Gasteiger partial charge in [-0.3, -0.25) is 0 Å². The monoisotopic (exact) mass is 478 g/mol. The number of benzene rings is 3. The second-order valence-electron chi connectivity index (χ2n) is 7.98. The van der Waals surface area contributed by atoms with Crippen molar-refractivity contribution in [1.82, 2.24) is 0 Å². The highest BCUT2D eigenvalue weighted by Crippen LogP contribution is 2.29. The molecule has 35 heavy (non-hydrogen) atoms. The van der Waals surface area contributed by atoms with Crippen molar-refractivity contribution in [2.75, 3.05) is 6.61 Å². The minimum atomic E-state index is -1.55. The number of hydrogen-bond acceptors (Lipinski definition) is 8. The molecule has 182 valence electrons. The molecule has 0 aliphatic carbocycles. The van der Waals surface area contributed by atoms with Crippen LogP contribution in [-0.4, -0.2) is 59.5 Å². The summed E-state index contributed by atoms with van der Waals surface area (Å²) < 4.78 is 22.8. The van der Waals surface area contributed by atoms with Gasteiger partial charge < -0.3 is 29.2 Å². The molecule has 8 nitrogen and oxygen atoms in total. The standard InChI is InChI=1S/C27H26O8/c28-16-21-22(34-25(29)19-12-6-2-7-13-19)23(35-26(30)20-14-8-3-9-15-20)24(27(31)33-21)32-17-18-10-4-1-5-11-18/h1-15,21-24,27-28,31H,16-17H2/t21-,22+,23+,24+,27-/m0/s1. The second kappa shape index (κ2) is 11.7. The molecule has 1 aliphatic heterocycles. The molecule has 5 atom stereocenters. The first-order valence-corrected chi connectivity index (χ1v) is 11.2. The quantitative estimate of drug-likeness (QED) is 0.476. The van der Waals surface area contributed by atoms with Crippen molar-refractivity contribution in [2.45, 2.75) is 37.3 Å². The number of carbonyl (C=O) groups is 2. The van der Waals surface area contributed by atoms with Crippen LogP contribution in [0.5, 0.6) is 0 Å². The molecule has 0 spiro atoms. The maximum absolute atomic E-state index is 12.9. The van der Waals surface area contributed by atoms with Gasteiger partial charge in [-0.2, -0.15) is 0 Å². The third-order valence-electron chi connectivity index (χ3n) is 5.58. The highest BCUT2D eigenvalue weighted by atomic mass is 16.7. The number of rotatable bonds is 8. The normalized spacial score (nSPS) is 23.9. The molecule has 3 aromatic carbocycles. The molecular formula is C27H26O8. The smallest absolute Gasteiger partial charge is 0.338 e. The topological polar surface area (TPSA) is 112 Å². The molecule has 1 saturated heterocycles. The van der Waals surface area contributed by atoms with Crippen molar-refractivity contribution < 1.29 is 38.7 Å². The summed E-state index contributed by atoms with van der Waals surface area (Å²) in [6, 6.07) is 25.7. The van der Waals surface area contributed by atoms with Crippen LogP contribution >= 0.6 is 0 Å². The fourth-order valence-electron chi connectivity index (χ4n) is 3.79. The predicted octanol–water partition coefficient (Wildman–Crippen LogP) is 2.73. The van der Waals surface area contributed by atoms with Gasteiger partial charge in [0, 0.05) is 0 Å². The Hall–Kier alpha value is -3.56. The van der Waals surface area contributed by atoms with Gasteiger partial charge in [-0.25, -0.2) is 9.59 Å². The van der Waals surface area contributed by atoms with Crippen LogP contribution in [0.25, 0.3) is 0 Å². The van der Waals surface area contributed by atoms with Crippen molar-refractivity contribution in [2.24, 2.45) is 0 Å². The molecule has 1 heterocycles. The Morgan fingerprint density at radius 2 is 1.20 bits per heavy atom. The van der Waals surface area contributed by atoms with Crippen LogP contribution in [0.3, 0.4) is 0 Å². The molecule has 1 fully saturated rings. The van der Waals surface area contributed by atoms with Gasteiger partial charge in [-0.1, -0.05) is 66.7 Å². The molecule has 0 amide bonds. The van der Waals surface area contributed by atoms with Gasteiger partial charge in [0.05, 0.1) is 24.3 Å². The molecule has 4 rings (SSSR count). The van der Waals surface area contributed by atoms with Gasteiger partial charge in [0.1, 0.15) is 12.2 Å². The molecule has 3 aromatic rings. The van der Waals surface area contributed by atoms with E-state index in [2.05, 4.69) is 0 Å². The second-order valence-corrected chi connectivity index (χ2v) is 7.98. The molecule has 0 saturated carbocycles. The molecular weight excluding hydrogens is 452 g/mol. The Kier molecular flexibility index (Phi) is 8.23. The Bertz CT molecular complexity index is 1090. The number of esters is 2. The third kappa shape index (κ3) is 6.12. The molecule has 2 N–H and O–H groups in total. The summed E-state index contributed by atoms with van der Waals surface area (Å²) >= 11 is 0. The van der Waals surface area contributed by atoms with Gasteiger partial charge in [0.25, 0.3) is 0 Å². The molecule has 1 aliphatic rings. The van der Waals surface area contributed by atoms with Crippen molar-refractivity contribution in [3.05, 3.63) is 108 Å². The van der Waals surface area contributed by atoms with Crippen molar-refractivity contribution >= 4 is 11.9 Å². The van der Waals surface area contributed by atoms with Crippen molar-refractivity contribution in [3.63, 3.8) is 0 Å². The van der Waals surface area contributed by atoms with E-state index in [4.69, 9.17) is 18.9 Å². The van der Waals surface area contributed by atoms with E-state index in [0.717, 1.165) is 5.56 Å². The summed E-state index contributed by atoms with van der Waals surface area (Å²) in [7, 11) is 0. The lowest BCUT2D eigenvalue weighted by Crippen LogP contribution is -2.62. The van der Waals surface area contributed by atoms with Gasteiger partial charge >= 0.3 is 11.9 Å². The van der Waals surface area contributed by atoms with Crippen LogP contribution in [-0.2, 0) is 25.6 Å². The summed E-state index contributed by atoms with van der Waals surface area (Å²) in [5, 5.41) is 20.6. The van der Waals surface area contributed by atoms with E-state index in [-0.39, 0.29) is 17.7 Å². The minimum Gasteiger partial charge on any atom is -0.452 e. The predicted molar refractivity (Wildman–Crippen MR) is 124 cm³/mol. The zero-order chi connectivity index (χ0) is 24.6. The molecule has 8 heteroatoms. The van der Waals surface area contributed by atoms with E-state index in [9.17, 15) is 19.8 Å². The van der Waals surface area contributed by atoms with E-state index in [1.807, 2.05) is 30.3 Å². The Morgan fingerprint density at radius 1 is 0.714 bits per heavy atom. The maximum atomic E-state index is 12.9. The highest BCUT2D eigenvalue weighted by molar-refractivity contribution is 5.90. The molecule has 0 radical (unpaired) electrons. The zero-order valence-corrected chi connectivity index (χ0v) is 18.8. The van der Waals surface area contributed by atoms with Crippen molar-refractivity contribution in [1.29, 1.82) is 0 Å². The van der Waals surface area contributed by atoms with Crippen LogP contribution in [0, 0.1) is 0 Å². The summed E-state index contributed by atoms with van der Waals surface area (Å²) in [5.74, 6) is -1.40. The Labute approximate surface area is 202 Å². The first-order chi connectivity index (χ1) is 17.1. The highest BCUT2D eigenvalue weighted by Gasteiger charge is 2.50. The Balaban J connectivity index is 1.62. The first kappa shape index (κ1) is 24.6. The van der Waals surface area contributed by atoms with E-state index in [1.54, 1.807) is 60.7 Å². The lowest BCUT2D eigenvalue weighted by molar-refractivity contribution is -0.296. The largest absolute Gasteiger partial charge is 0.452 e. The fourth-order valence-corrected chi connectivity index (χ4v) is 3.79. The first-order valence-electron chi connectivity index (χ1n) is 11.2. The van der Waals surface area contributed by atoms with E-state index >= 15 is 0 Å². The maximum Gasteiger partial charge on any atom is 0.338 e. The van der Waals surface area contributed by atoms with E-state index < -0.39 is 49.3 Å². The van der Waals surface area contributed by atoms with E-state index in [0.29, 0.717) is 0 Å². The lowest BCUT2D eigenvalue weighted by atomic mass is 9.98. The number of ether oxygens (including phenoxy) is 4. The fraction of sp³-hybridized carbons (Fsp3) is 0.259. The van der Waals surface area contributed by atoms with Gasteiger partial charge in [-0.15, -0.1) is 0 Å². The number of hydrogen-bond donors (Lipinski definition) is 2. The summed E-state index contributed by atoms with van der Waals surface area (Å²) in [5.41, 5.74) is 1.35. The van der Waals surface area contributed by atoms with Gasteiger partial charge in [-0.05, 0) is 29.8 Å². The van der Waals surface area contributed by atoms with E-state index in [1.165, 1.54) is 0 Å². The van der Waals surface area contributed by atoms with Crippen molar-refractivity contribution in [3.8, 4) is 0 Å². The Morgan fingerprint density at radius 3 is 1.71 bits per heavy atom.